The molecule has 3 aliphatic heterocycles. The van der Waals surface area contributed by atoms with E-state index in [0.29, 0.717) is 0 Å². The highest BCUT2D eigenvalue weighted by Crippen LogP contribution is 1.86. The molecule has 0 spiro atoms. The Morgan fingerprint density at radius 1 is 0.522 bits per heavy atom. The number of amides is 8. The first-order valence-electron chi connectivity index (χ1n) is 5.96. The van der Waals surface area contributed by atoms with Crippen molar-refractivity contribution in [1.29, 1.82) is 0 Å². The van der Waals surface area contributed by atoms with Crippen molar-refractivity contribution in [3.63, 3.8) is 0 Å². The Bertz CT molecular complexity index is 549. The molecule has 0 aromatic rings. The first kappa shape index (κ1) is 17.4. The van der Waals surface area contributed by atoms with Crippen LogP contribution in [0.4, 0.5) is 4.79 Å². The second-order valence-electron chi connectivity index (χ2n) is 3.98. The largest absolute Gasteiger partial charge is 0.328 e. The number of carbonyl (C=O) groups excluding carboxylic acids is 7. The van der Waals surface area contributed by atoms with E-state index in [9.17, 15) is 33.6 Å². The predicted octanol–water partition coefficient (Wildman–Crippen LogP) is -2.86. The lowest BCUT2D eigenvalue weighted by molar-refractivity contribution is -0.130. The molecule has 11 nitrogen and oxygen atoms in total. The Balaban J connectivity index is 0.000000175. The molecule has 0 aromatic carbocycles. The van der Waals surface area contributed by atoms with E-state index in [0.717, 1.165) is 0 Å². The van der Waals surface area contributed by atoms with Crippen LogP contribution in [0.25, 0.3) is 0 Å². The molecule has 0 bridgehead atoms. The number of nitrogens with one attached hydrogen (secondary N) is 4. The first-order valence-corrected chi connectivity index (χ1v) is 5.96. The van der Waals surface area contributed by atoms with Crippen LogP contribution in [0.3, 0.4) is 0 Å². The summed E-state index contributed by atoms with van der Waals surface area (Å²) in [6.45, 7) is 0. The minimum Gasteiger partial charge on any atom is -0.289 e. The van der Waals surface area contributed by atoms with Gasteiger partial charge in [-0.2, -0.15) is 0 Å². The zero-order valence-corrected chi connectivity index (χ0v) is 11.4. The lowest BCUT2D eigenvalue weighted by Crippen LogP contribution is -2.49. The summed E-state index contributed by atoms with van der Waals surface area (Å²) in [5, 5.41) is 7.86. The topological polar surface area (TPSA) is 168 Å². The standard InChI is InChI=1S/C4H4N2O3.2C4H3NO2/c7-2-1-3(8)6-4(9)5-2;2*6-3-1-2-4(7)5-3/h1H2,(H2,5,6,7,8,9);2*1-2H,(H,5,6,7). The van der Waals surface area contributed by atoms with Crippen LogP contribution in [-0.2, 0) is 28.8 Å². The second-order valence-corrected chi connectivity index (χ2v) is 3.98. The minimum absolute atomic E-state index is 0.258. The van der Waals surface area contributed by atoms with E-state index in [-0.39, 0.29) is 30.0 Å². The van der Waals surface area contributed by atoms with Crippen molar-refractivity contribution in [2.75, 3.05) is 0 Å². The molecule has 0 saturated carbocycles. The average Bonchev–Trinajstić information content (AvgIpc) is 2.97. The Morgan fingerprint density at radius 2 is 0.826 bits per heavy atom. The molecule has 1 fully saturated rings. The Labute approximate surface area is 128 Å². The maximum absolute atomic E-state index is 10.3. The smallest absolute Gasteiger partial charge is 0.289 e. The first-order chi connectivity index (χ1) is 10.8. The van der Waals surface area contributed by atoms with E-state index < -0.39 is 17.8 Å². The van der Waals surface area contributed by atoms with Crippen molar-refractivity contribution in [2.45, 2.75) is 6.42 Å². The summed E-state index contributed by atoms with van der Waals surface area (Å²) >= 11 is 0. The molecule has 1 saturated heterocycles. The van der Waals surface area contributed by atoms with Crippen molar-refractivity contribution >= 4 is 41.5 Å². The van der Waals surface area contributed by atoms with Crippen molar-refractivity contribution in [3.05, 3.63) is 24.3 Å². The van der Waals surface area contributed by atoms with E-state index in [1.165, 1.54) is 24.3 Å². The molecule has 0 radical (unpaired) electrons. The molecule has 0 aliphatic carbocycles. The van der Waals surface area contributed by atoms with Crippen molar-refractivity contribution in [2.24, 2.45) is 0 Å². The van der Waals surface area contributed by atoms with Gasteiger partial charge >= 0.3 is 6.03 Å². The molecule has 4 N–H and O–H groups in total. The molecule has 8 amide bonds. The molecule has 120 valence electrons. The third-order valence-corrected chi connectivity index (χ3v) is 2.09. The fraction of sp³-hybridized carbons (Fsp3) is 0.0833. The normalized spacial score (nSPS) is 18.2. The lowest BCUT2D eigenvalue weighted by Gasteiger charge is -2.09. The average molecular weight is 322 g/mol. The van der Waals surface area contributed by atoms with Gasteiger partial charge in [-0.1, -0.05) is 0 Å². The van der Waals surface area contributed by atoms with Crippen molar-refractivity contribution in [3.8, 4) is 0 Å². The molecule has 11 heteroatoms. The zero-order chi connectivity index (χ0) is 17.4. The fourth-order valence-electron chi connectivity index (χ4n) is 1.23. The highest BCUT2D eigenvalue weighted by molar-refractivity contribution is 6.14. The van der Waals surface area contributed by atoms with E-state index >= 15 is 0 Å². The minimum atomic E-state index is -0.740. The quantitative estimate of drug-likeness (QED) is 0.275. The van der Waals surface area contributed by atoms with Crippen molar-refractivity contribution < 1.29 is 33.6 Å². The summed E-state index contributed by atoms with van der Waals surface area (Å²) in [5.41, 5.74) is 0. The van der Waals surface area contributed by atoms with Crippen LogP contribution in [0.15, 0.2) is 24.3 Å². The van der Waals surface area contributed by atoms with Crippen molar-refractivity contribution in [1.82, 2.24) is 21.3 Å². The second kappa shape index (κ2) is 7.97. The van der Waals surface area contributed by atoms with Gasteiger partial charge in [-0.25, -0.2) is 4.79 Å². The fourth-order valence-corrected chi connectivity index (χ4v) is 1.23. The van der Waals surface area contributed by atoms with Gasteiger partial charge in [0.2, 0.25) is 11.8 Å². The number of urea groups is 1. The van der Waals surface area contributed by atoms with E-state index in [2.05, 4.69) is 0 Å². The van der Waals surface area contributed by atoms with Gasteiger partial charge in [0.15, 0.2) is 0 Å². The van der Waals surface area contributed by atoms with Crippen LogP contribution in [0.1, 0.15) is 6.42 Å². The monoisotopic (exact) mass is 322 g/mol. The summed E-state index contributed by atoms with van der Waals surface area (Å²) < 4.78 is 0. The van der Waals surface area contributed by atoms with Crippen LogP contribution < -0.4 is 21.3 Å². The van der Waals surface area contributed by atoms with E-state index in [4.69, 9.17) is 0 Å². The summed E-state index contributed by atoms with van der Waals surface area (Å²) in [6.07, 6.45) is 4.53. The molecule has 0 atom stereocenters. The summed E-state index contributed by atoms with van der Waals surface area (Å²) in [5.74, 6) is -2.42. The van der Waals surface area contributed by atoms with Crippen LogP contribution >= 0.6 is 0 Å². The summed E-state index contributed by atoms with van der Waals surface area (Å²) in [7, 11) is 0. The van der Waals surface area contributed by atoms with Gasteiger partial charge in [-0.05, 0) is 0 Å². The van der Waals surface area contributed by atoms with E-state index in [1.807, 2.05) is 21.3 Å². The molecular weight excluding hydrogens is 312 g/mol. The molecule has 0 unspecified atom stereocenters. The number of imide groups is 4. The third kappa shape index (κ3) is 7.08. The van der Waals surface area contributed by atoms with Gasteiger partial charge < -0.3 is 0 Å². The van der Waals surface area contributed by atoms with Gasteiger partial charge in [0.1, 0.15) is 6.42 Å². The number of rotatable bonds is 0. The van der Waals surface area contributed by atoms with Crippen LogP contribution in [0.2, 0.25) is 0 Å². The molecule has 3 rings (SSSR count). The van der Waals surface area contributed by atoms with Gasteiger partial charge in [-0.15, -0.1) is 0 Å². The van der Waals surface area contributed by atoms with Gasteiger partial charge in [0.25, 0.3) is 23.6 Å². The maximum Gasteiger partial charge on any atom is 0.328 e. The Hall–Kier alpha value is -3.63. The molecule has 3 aliphatic rings. The number of hydrogen-bond donors (Lipinski definition) is 4. The number of barbiturate groups is 1. The van der Waals surface area contributed by atoms with Gasteiger partial charge in [-0.3, -0.25) is 50.0 Å². The molecule has 23 heavy (non-hydrogen) atoms. The molecular formula is C12H10N4O7. The summed E-state index contributed by atoms with van der Waals surface area (Å²) in [6, 6.07) is -0.740. The van der Waals surface area contributed by atoms with E-state index in [1.54, 1.807) is 0 Å². The number of carbonyl (C=O) groups is 7. The molecule has 0 aromatic heterocycles. The predicted molar refractivity (Wildman–Crippen MR) is 70.9 cm³/mol. The SMILES string of the molecule is O=C1C=CC(=O)N1.O=C1C=CC(=O)N1.O=C1CC(=O)NC(=O)N1. The van der Waals surface area contributed by atoms with Crippen LogP contribution in [-0.4, -0.2) is 41.5 Å². The third-order valence-electron chi connectivity index (χ3n) is 2.09. The lowest BCUT2D eigenvalue weighted by atomic mass is 10.3. The van der Waals surface area contributed by atoms with Crippen LogP contribution in [0.5, 0.6) is 0 Å². The Kier molecular flexibility index (Phi) is 6.04. The highest BCUT2D eigenvalue weighted by Gasteiger charge is 2.20. The van der Waals surface area contributed by atoms with Gasteiger partial charge in [0, 0.05) is 24.3 Å². The Morgan fingerprint density at radius 3 is 1.00 bits per heavy atom. The van der Waals surface area contributed by atoms with Gasteiger partial charge in [0.05, 0.1) is 0 Å². The summed E-state index contributed by atoms with van der Waals surface area (Å²) in [4.78, 5) is 70.9. The van der Waals surface area contributed by atoms with Crippen LogP contribution in [0, 0.1) is 0 Å². The molecule has 3 heterocycles. The zero-order valence-electron chi connectivity index (χ0n) is 11.4. The number of hydrogen-bond acceptors (Lipinski definition) is 7. The maximum atomic E-state index is 10.3. The highest BCUT2D eigenvalue weighted by atomic mass is 16.2.